The Morgan fingerprint density at radius 1 is 1.50 bits per heavy atom. The zero-order chi connectivity index (χ0) is 11.5. The zero-order valence-electron chi connectivity index (χ0n) is 9.40. The molecule has 0 aromatic heterocycles. The third-order valence-electron chi connectivity index (χ3n) is 2.97. The van der Waals surface area contributed by atoms with Crippen molar-refractivity contribution in [3.05, 3.63) is 33.9 Å². The first-order valence-corrected chi connectivity index (χ1v) is 5.66. The minimum absolute atomic E-state index is 0.188. The van der Waals surface area contributed by atoms with Gasteiger partial charge in [0.15, 0.2) is 0 Å². The van der Waals surface area contributed by atoms with Crippen LogP contribution in [0, 0.1) is 23.0 Å². The monoisotopic (exact) mass is 220 g/mol. The van der Waals surface area contributed by atoms with Gasteiger partial charge in [-0.25, -0.2) is 0 Å². The summed E-state index contributed by atoms with van der Waals surface area (Å²) in [5.41, 5.74) is 1.87. The summed E-state index contributed by atoms with van der Waals surface area (Å²) < 4.78 is 0. The van der Waals surface area contributed by atoms with Crippen LogP contribution in [0.5, 0.6) is 0 Å². The van der Waals surface area contributed by atoms with Gasteiger partial charge < -0.3 is 5.32 Å². The highest BCUT2D eigenvalue weighted by Gasteiger charge is 2.20. The van der Waals surface area contributed by atoms with Crippen molar-refractivity contribution in [2.75, 3.05) is 11.9 Å². The second-order valence-electron chi connectivity index (χ2n) is 4.42. The van der Waals surface area contributed by atoms with Crippen molar-refractivity contribution in [1.82, 2.24) is 0 Å². The summed E-state index contributed by atoms with van der Waals surface area (Å²) in [4.78, 5) is 10.3. The molecule has 0 saturated heterocycles. The SMILES string of the molecule is Cc1cc(NCCC2CC2)ccc1[N+](=O)[O-]. The fraction of sp³-hybridized carbons (Fsp3) is 0.500. The van der Waals surface area contributed by atoms with Gasteiger partial charge in [0.1, 0.15) is 0 Å². The number of nitrogens with one attached hydrogen (secondary N) is 1. The second-order valence-corrected chi connectivity index (χ2v) is 4.42. The van der Waals surface area contributed by atoms with Crippen LogP contribution in [0.4, 0.5) is 11.4 Å². The molecule has 1 aliphatic rings. The van der Waals surface area contributed by atoms with Gasteiger partial charge in [-0.3, -0.25) is 10.1 Å². The van der Waals surface area contributed by atoms with Crippen molar-refractivity contribution in [3.8, 4) is 0 Å². The molecule has 0 aliphatic heterocycles. The Hall–Kier alpha value is -1.58. The number of aryl methyl sites for hydroxylation is 1. The topological polar surface area (TPSA) is 55.2 Å². The van der Waals surface area contributed by atoms with Gasteiger partial charge in [0.05, 0.1) is 4.92 Å². The molecule has 1 N–H and O–H groups in total. The van der Waals surface area contributed by atoms with Gasteiger partial charge in [0.2, 0.25) is 0 Å². The van der Waals surface area contributed by atoms with Crippen LogP contribution in [0.3, 0.4) is 0 Å². The smallest absolute Gasteiger partial charge is 0.272 e. The largest absolute Gasteiger partial charge is 0.385 e. The average molecular weight is 220 g/mol. The number of benzene rings is 1. The standard InChI is InChI=1S/C12H16N2O2/c1-9-8-11(4-5-12(9)14(15)16)13-7-6-10-2-3-10/h4-5,8,10,13H,2-3,6-7H2,1H3. The molecule has 0 atom stereocenters. The van der Waals surface area contributed by atoms with Crippen LogP contribution in [0.25, 0.3) is 0 Å². The normalized spacial score (nSPS) is 14.8. The number of anilines is 1. The highest BCUT2D eigenvalue weighted by atomic mass is 16.6. The summed E-state index contributed by atoms with van der Waals surface area (Å²) in [6.45, 7) is 2.73. The molecule has 0 amide bonds. The Balaban J connectivity index is 1.93. The first-order valence-electron chi connectivity index (χ1n) is 5.66. The van der Waals surface area contributed by atoms with E-state index in [1.807, 2.05) is 6.07 Å². The van der Waals surface area contributed by atoms with Crippen molar-refractivity contribution in [2.45, 2.75) is 26.2 Å². The summed E-state index contributed by atoms with van der Waals surface area (Å²) in [6.07, 6.45) is 3.93. The first kappa shape index (κ1) is 10.9. The number of nitro benzene ring substituents is 1. The summed E-state index contributed by atoms with van der Waals surface area (Å²) in [6, 6.07) is 5.18. The molecule has 0 spiro atoms. The van der Waals surface area contributed by atoms with E-state index < -0.39 is 0 Å². The maximum Gasteiger partial charge on any atom is 0.272 e. The van der Waals surface area contributed by atoms with Crippen LogP contribution < -0.4 is 5.32 Å². The van der Waals surface area contributed by atoms with Gasteiger partial charge in [0, 0.05) is 23.9 Å². The van der Waals surface area contributed by atoms with E-state index in [4.69, 9.17) is 0 Å². The molecular formula is C12H16N2O2. The average Bonchev–Trinajstić information content (AvgIpc) is 3.01. The number of hydrogen-bond donors (Lipinski definition) is 1. The van der Waals surface area contributed by atoms with Gasteiger partial charge in [0.25, 0.3) is 5.69 Å². The van der Waals surface area contributed by atoms with Gasteiger partial charge in [-0.2, -0.15) is 0 Å². The van der Waals surface area contributed by atoms with E-state index in [0.29, 0.717) is 5.56 Å². The van der Waals surface area contributed by atoms with Crippen LogP contribution in [0.15, 0.2) is 18.2 Å². The lowest BCUT2D eigenvalue weighted by molar-refractivity contribution is -0.385. The Morgan fingerprint density at radius 3 is 2.81 bits per heavy atom. The fourth-order valence-corrected chi connectivity index (χ4v) is 1.80. The summed E-state index contributed by atoms with van der Waals surface area (Å²) in [7, 11) is 0. The van der Waals surface area contributed by atoms with E-state index in [-0.39, 0.29) is 10.6 Å². The number of nitrogens with zero attached hydrogens (tertiary/aromatic N) is 1. The lowest BCUT2D eigenvalue weighted by Gasteiger charge is -2.06. The van der Waals surface area contributed by atoms with E-state index >= 15 is 0 Å². The van der Waals surface area contributed by atoms with E-state index in [2.05, 4.69) is 5.32 Å². The molecule has 2 rings (SSSR count). The van der Waals surface area contributed by atoms with Crippen molar-refractivity contribution in [2.24, 2.45) is 5.92 Å². The van der Waals surface area contributed by atoms with E-state index in [1.165, 1.54) is 19.3 Å². The second kappa shape index (κ2) is 4.51. The lowest BCUT2D eigenvalue weighted by Crippen LogP contribution is -2.02. The molecule has 0 bridgehead atoms. The Bertz CT molecular complexity index is 400. The molecule has 16 heavy (non-hydrogen) atoms. The van der Waals surface area contributed by atoms with Gasteiger partial charge >= 0.3 is 0 Å². The molecule has 1 aliphatic carbocycles. The van der Waals surface area contributed by atoms with Crippen molar-refractivity contribution in [3.63, 3.8) is 0 Å². The molecule has 86 valence electrons. The quantitative estimate of drug-likeness (QED) is 0.612. The molecule has 1 aromatic carbocycles. The van der Waals surface area contributed by atoms with E-state index in [1.54, 1.807) is 19.1 Å². The highest BCUT2D eigenvalue weighted by molar-refractivity contribution is 5.53. The van der Waals surface area contributed by atoms with Crippen molar-refractivity contribution < 1.29 is 4.92 Å². The van der Waals surface area contributed by atoms with E-state index in [9.17, 15) is 10.1 Å². The molecule has 4 heteroatoms. The van der Waals surface area contributed by atoms with Crippen LogP contribution in [-0.4, -0.2) is 11.5 Å². The number of rotatable bonds is 5. The first-order chi connectivity index (χ1) is 7.66. The van der Waals surface area contributed by atoms with Crippen LogP contribution in [0.1, 0.15) is 24.8 Å². The van der Waals surface area contributed by atoms with E-state index in [0.717, 1.165) is 18.2 Å². The molecule has 0 radical (unpaired) electrons. The van der Waals surface area contributed by atoms with Gasteiger partial charge in [-0.05, 0) is 31.4 Å². The molecule has 0 heterocycles. The van der Waals surface area contributed by atoms with Crippen LogP contribution >= 0.6 is 0 Å². The zero-order valence-corrected chi connectivity index (χ0v) is 9.40. The fourth-order valence-electron chi connectivity index (χ4n) is 1.80. The minimum Gasteiger partial charge on any atom is -0.385 e. The van der Waals surface area contributed by atoms with Gasteiger partial charge in [-0.15, -0.1) is 0 Å². The minimum atomic E-state index is -0.344. The maximum atomic E-state index is 10.6. The molecule has 1 saturated carbocycles. The summed E-state index contributed by atoms with van der Waals surface area (Å²) in [5.74, 6) is 0.909. The third kappa shape index (κ3) is 2.72. The van der Waals surface area contributed by atoms with Crippen LogP contribution in [-0.2, 0) is 0 Å². The Kier molecular flexibility index (Phi) is 3.08. The molecule has 1 aromatic rings. The third-order valence-corrected chi connectivity index (χ3v) is 2.97. The highest BCUT2D eigenvalue weighted by Crippen LogP contribution is 2.32. The summed E-state index contributed by atoms with van der Waals surface area (Å²) in [5, 5.41) is 13.9. The Morgan fingerprint density at radius 2 is 2.25 bits per heavy atom. The number of hydrogen-bond acceptors (Lipinski definition) is 3. The predicted molar refractivity (Wildman–Crippen MR) is 63.7 cm³/mol. The molecule has 1 fully saturated rings. The maximum absolute atomic E-state index is 10.6. The molecule has 0 unspecified atom stereocenters. The predicted octanol–water partition coefficient (Wildman–Crippen LogP) is 3.12. The van der Waals surface area contributed by atoms with Gasteiger partial charge in [-0.1, -0.05) is 12.8 Å². The molecule has 4 nitrogen and oxygen atoms in total. The van der Waals surface area contributed by atoms with Crippen molar-refractivity contribution >= 4 is 11.4 Å². The Labute approximate surface area is 94.8 Å². The van der Waals surface area contributed by atoms with Crippen LogP contribution in [0.2, 0.25) is 0 Å². The summed E-state index contributed by atoms with van der Waals surface area (Å²) >= 11 is 0. The number of nitro groups is 1. The molecular weight excluding hydrogens is 204 g/mol. The van der Waals surface area contributed by atoms with Crippen molar-refractivity contribution in [1.29, 1.82) is 0 Å². The lowest BCUT2D eigenvalue weighted by atomic mass is 10.2.